The minimum atomic E-state index is -0.734. The molecule has 1 aromatic heterocycles. The molecular formula is C31H30N2O5. The van der Waals surface area contributed by atoms with Gasteiger partial charge in [0.2, 0.25) is 0 Å². The van der Waals surface area contributed by atoms with E-state index in [-0.39, 0.29) is 11.3 Å². The lowest BCUT2D eigenvalue weighted by Gasteiger charge is -2.25. The summed E-state index contributed by atoms with van der Waals surface area (Å²) in [5.74, 6) is -0.185. The van der Waals surface area contributed by atoms with E-state index in [0.29, 0.717) is 43.2 Å². The van der Waals surface area contributed by atoms with E-state index in [9.17, 15) is 14.7 Å². The number of ether oxygens (including phenoxy) is 2. The molecule has 38 heavy (non-hydrogen) atoms. The molecule has 0 radical (unpaired) electrons. The molecule has 194 valence electrons. The van der Waals surface area contributed by atoms with E-state index in [4.69, 9.17) is 9.47 Å². The SMILES string of the molecule is CCOc1ccc(/C(O)=C2/C(=O)C(=O)N(CCc3c[nH]c4ccccc34)C2c2ccc(OCC)cc2)cc1. The average Bonchev–Trinajstić information content (AvgIpc) is 3.46. The predicted molar refractivity (Wildman–Crippen MR) is 146 cm³/mol. The van der Waals surface area contributed by atoms with Crippen LogP contribution in [0.15, 0.2) is 84.6 Å². The van der Waals surface area contributed by atoms with Crippen LogP contribution in [0.4, 0.5) is 0 Å². The van der Waals surface area contributed by atoms with Crippen molar-refractivity contribution in [1.29, 1.82) is 0 Å². The van der Waals surface area contributed by atoms with Gasteiger partial charge >= 0.3 is 0 Å². The number of hydrogen-bond donors (Lipinski definition) is 2. The third-order valence-electron chi connectivity index (χ3n) is 6.78. The minimum Gasteiger partial charge on any atom is -0.507 e. The second-order valence-corrected chi connectivity index (χ2v) is 9.06. The highest BCUT2D eigenvalue weighted by Gasteiger charge is 2.45. The maximum atomic E-state index is 13.4. The number of likely N-dealkylation sites (tertiary alicyclic amines) is 1. The summed E-state index contributed by atoms with van der Waals surface area (Å²) in [5.41, 5.74) is 3.31. The van der Waals surface area contributed by atoms with Gasteiger partial charge in [-0.25, -0.2) is 0 Å². The molecule has 5 rings (SSSR count). The summed E-state index contributed by atoms with van der Waals surface area (Å²) in [6.07, 6.45) is 2.49. The average molecular weight is 511 g/mol. The molecule has 0 spiro atoms. The molecule has 1 saturated heterocycles. The van der Waals surface area contributed by atoms with E-state index in [0.717, 1.165) is 22.0 Å². The number of fused-ring (bicyclic) bond motifs is 1. The Morgan fingerprint density at radius 3 is 2.18 bits per heavy atom. The van der Waals surface area contributed by atoms with Gasteiger partial charge in [-0.3, -0.25) is 9.59 Å². The fourth-order valence-electron chi connectivity index (χ4n) is 4.98. The van der Waals surface area contributed by atoms with Crippen LogP contribution in [0.2, 0.25) is 0 Å². The first-order valence-corrected chi connectivity index (χ1v) is 12.8. The van der Waals surface area contributed by atoms with E-state index >= 15 is 0 Å². The molecule has 0 bridgehead atoms. The lowest BCUT2D eigenvalue weighted by Crippen LogP contribution is -2.31. The van der Waals surface area contributed by atoms with Gasteiger partial charge in [0.1, 0.15) is 17.3 Å². The van der Waals surface area contributed by atoms with E-state index in [1.165, 1.54) is 0 Å². The van der Waals surface area contributed by atoms with Crippen molar-refractivity contribution in [2.45, 2.75) is 26.3 Å². The van der Waals surface area contributed by atoms with Crippen molar-refractivity contribution in [3.8, 4) is 11.5 Å². The predicted octanol–water partition coefficient (Wildman–Crippen LogP) is 5.63. The number of H-pyrrole nitrogens is 1. The van der Waals surface area contributed by atoms with Crippen molar-refractivity contribution in [3.05, 3.63) is 101 Å². The second kappa shape index (κ2) is 10.8. The van der Waals surface area contributed by atoms with Gasteiger partial charge in [0, 0.05) is 29.2 Å². The Kier molecular flexibility index (Phi) is 7.18. The number of aliphatic hydroxyl groups is 1. The lowest BCUT2D eigenvalue weighted by atomic mass is 9.95. The first-order chi connectivity index (χ1) is 18.5. The Morgan fingerprint density at radius 2 is 1.53 bits per heavy atom. The zero-order valence-electron chi connectivity index (χ0n) is 21.4. The van der Waals surface area contributed by atoms with Gasteiger partial charge in [-0.15, -0.1) is 0 Å². The van der Waals surface area contributed by atoms with E-state index in [1.54, 1.807) is 29.2 Å². The number of ketones is 1. The Labute approximate surface area is 221 Å². The van der Waals surface area contributed by atoms with Crippen molar-refractivity contribution in [2.75, 3.05) is 19.8 Å². The van der Waals surface area contributed by atoms with E-state index in [1.807, 2.05) is 68.6 Å². The topological polar surface area (TPSA) is 91.9 Å². The molecule has 1 aliphatic rings. The summed E-state index contributed by atoms with van der Waals surface area (Å²) >= 11 is 0. The number of nitrogens with one attached hydrogen (secondary N) is 1. The minimum absolute atomic E-state index is 0.0715. The van der Waals surface area contributed by atoms with Gasteiger partial charge in [-0.05, 0) is 73.9 Å². The van der Waals surface area contributed by atoms with Gasteiger partial charge in [0.15, 0.2) is 0 Å². The number of rotatable bonds is 9. The molecule has 7 nitrogen and oxygen atoms in total. The van der Waals surface area contributed by atoms with E-state index < -0.39 is 17.7 Å². The molecule has 2 N–H and O–H groups in total. The molecule has 3 aromatic carbocycles. The fraction of sp³-hybridized carbons (Fsp3) is 0.226. The highest BCUT2D eigenvalue weighted by atomic mass is 16.5. The largest absolute Gasteiger partial charge is 0.507 e. The van der Waals surface area contributed by atoms with Crippen LogP contribution in [0.1, 0.15) is 36.6 Å². The number of aliphatic hydroxyl groups excluding tert-OH is 1. The molecular weight excluding hydrogens is 480 g/mol. The highest BCUT2D eigenvalue weighted by Crippen LogP contribution is 2.40. The monoisotopic (exact) mass is 510 g/mol. The molecule has 1 fully saturated rings. The van der Waals surface area contributed by atoms with Gasteiger partial charge < -0.3 is 24.5 Å². The maximum absolute atomic E-state index is 13.4. The molecule has 0 aliphatic carbocycles. The number of hydrogen-bond acceptors (Lipinski definition) is 5. The van der Waals surface area contributed by atoms with Crippen LogP contribution in [-0.4, -0.2) is 46.4 Å². The Hall–Kier alpha value is -4.52. The van der Waals surface area contributed by atoms with Crippen molar-refractivity contribution in [2.24, 2.45) is 0 Å². The second-order valence-electron chi connectivity index (χ2n) is 9.06. The number of Topliss-reactive ketones (excluding diaryl/α,β-unsaturated/α-hetero) is 1. The van der Waals surface area contributed by atoms with Crippen LogP contribution in [0.25, 0.3) is 16.7 Å². The van der Waals surface area contributed by atoms with Crippen LogP contribution in [0, 0.1) is 0 Å². The fourth-order valence-corrected chi connectivity index (χ4v) is 4.98. The normalized spacial score (nSPS) is 16.8. The van der Waals surface area contributed by atoms with Gasteiger partial charge in [0.25, 0.3) is 11.7 Å². The van der Waals surface area contributed by atoms with Gasteiger partial charge in [-0.1, -0.05) is 30.3 Å². The number of aromatic nitrogens is 1. The van der Waals surface area contributed by atoms with Crippen molar-refractivity contribution < 1.29 is 24.2 Å². The molecule has 1 amide bonds. The third kappa shape index (κ3) is 4.75. The highest BCUT2D eigenvalue weighted by molar-refractivity contribution is 6.46. The first kappa shape index (κ1) is 25.1. The number of aromatic amines is 1. The van der Waals surface area contributed by atoms with Crippen LogP contribution in [0.3, 0.4) is 0 Å². The summed E-state index contributed by atoms with van der Waals surface area (Å²) in [5, 5.41) is 12.4. The quantitative estimate of drug-likeness (QED) is 0.173. The van der Waals surface area contributed by atoms with Crippen LogP contribution in [-0.2, 0) is 16.0 Å². The Balaban J connectivity index is 1.53. The zero-order chi connectivity index (χ0) is 26.6. The first-order valence-electron chi connectivity index (χ1n) is 12.8. The number of nitrogens with zero attached hydrogens (tertiary/aromatic N) is 1. The van der Waals surface area contributed by atoms with Crippen LogP contribution >= 0.6 is 0 Å². The van der Waals surface area contributed by atoms with E-state index in [2.05, 4.69) is 4.98 Å². The maximum Gasteiger partial charge on any atom is 0.295 e. The molecule has 7 heteroatoms. The zero-order valence-corrected chi connectivity index (χ0v) is 21.4. The number of carbonyl (C=O) groups is 2. The Bertz CT molecular complexity index is 1490. The van der Waals surface area contributed by atoms with Gasteiger partial charge in [0.05, 0.1) is 24.8 Å². The molecule has 2 heterocycles. The van der Waals surface area contributed by atoms with Crippen LogP contribution < -0.4 is 9.47 Å². The van der Waals surface area contributed by atoms with Gasteiger partial charge in [-0.2, -0.15) is 0 Å². The summed E-state index contributed by atoms with van der Waals surface area (Å²) in [4.78, 5) is 31.5. The molecule has 1 unspecified atom stereocenters. The molecule has 1 atom stereocenters. The molecule has 1 aliphatic heterocycles. The van der Waals surface area contributed by atoms with Crippen molar-refractivity contribution >= 4 is 28.4 Å². The standard InChI is InChI=1S/C31H30N2O5/c1-3-37-23-13-9-20(10-14-23)28-27(29(34)21-11-15-24(16-12-21)38-4-2)30(35)31(36)33(28)18-17-22-19-32-26-8-6-5-7-25(22)26/h5-16,19,28,32,34H,3-4,17-18H2,1-2H3/b29-27-. The van der Waals surface area contributed by atoms with Crippen molar-refractivity contribution in [1.82, 2.24) is 9.88 Å². The summed E-state index contributed by atoms with van der Waals surface area (Å²) in [6.45, 7) is 5.15. The van der Waals surface area contributed by atoms with Crippen LogP contribution in [0.5, 0.6) is 11.5 Å². The molecule has 0 saturated carbocycles. The molecule has 4 aromatic rings. The Morgan fingerprint density at radius 1 is 0.895 bits per heavy atom. The summed E-state index contributed by atoms with van der Waals surface area (Å²) < 4.78 is 11.1. The summed E-state index contributed by atoms with van der Waals surface area (Å²) in [7, 11) is 0. The number of benzene rings is 3. The smallest absolute Gasteiger partial charge is 0.295 e. The van der Waals surface area contributed by atoms with Crippen molar-refractivity contribution in [3.63, 3.8) is 0 Å². The third-order valence-corrected chi connectivity index (χ3v) is 6.78. The number of carbonyl (C=O) groups excluding carboxylic acids is 2. The summed E-state index contributed by atoms with van der Waals surface area (Å²) in [6, 6.07) is 21.4. The lowest BCUT2D eigenvalue weighted by molar-refractivity contribution is -0.139. The number of amides is 1. The number of para-hydroxylation sites is 1.